The van der Waals surface area contributed by atoms with E-state index >= 15 is 0 Å². The monoisotopic (exact) mass is 357 g/mol. The minimum atomic E-state index is -0.664. The second kappa shape index (κ2) is 8.11. The molecule has 1 amide bonds. The van der Waals surface area contributed by atoms with Gasteiger partial charge in [-0.3, -0.25) is 14.9 Å². The van der Waals surface area contributed by atoms with Crippen LogP contribution in [0.4, 0.5) is 11.4 Å². The van der Waals surface area contributed by atoms with Gasteiger partial charge in [0.15, 0.2) is 0 Å². The highest BCUT2D eigenvalue weighted by Gasteiger charge is 2.17. The molecule has 0 saturated heterocycles. The van der Waals surface area contributed by atoms with Gasteiger partial charge in [0, 0.05) is 44.0 Å². The molecule has 0 atom stereocenters. The Morgan fingerprint density at radius 3 is 2.35 bits per heavy atom. The first-order chi connectivity index (χ1) is 12.3. The summed E-state index contributed by atoms with van der Waals surface area (Å²) in [5.74, 6) is -0.754. The molecule has 136 valence electrons. The Morgan fingerprint density at radius 2 is 1.81 bits per heavy atom. The second-order valence-electron chi connectivity index (χ2n) is 5.73. The van der Waals surface area contributed by atoms with Gasteiger partial charge in [0.1, 0.15) is 0 Å². The summed E-state index contributed by atoms with van der Waals surface area (Å²) in [4.78, 5) is 35.6. The number of hydrogen-bond donors (Lipinski definition) is 1. The van der Waals surface area contributed by atoms with Gasteiger partial charge in [-0.25, -0.2) is 4.79 Å². The van der Waals surface area contributed by atoms with Crippen LogP contribution in [-0.2, 0) is 11.3 Å². The van der Waals surface area contributed by atoms with Crippen molar-refractivity contribution < 1.29 is 19.2 Å². The smallest absolute Gasteiger partial charge is 0.340 e. The van der Waals surface area contributed by atoms with E-state index in [4.69, 9.17) is 0 Å². The molecule has 0 saturated carbocycles. The van der Waals surface area contributed by atoms with Gasteiger partial charge in [-0.15, -0.1) is 0 Å². The molecular formula is C18H19N3O5. The number of hydrogen-bond acceptors (Lipinski definition) is 6. The molecule has 0 spiro atoms. The molecule has 26 heavy (non-hydrogen) atoms. The molecule has 1 N–H and O–H groups in total. The number of ether oxygens (including phenoxy) is 1. The minimum absolute atomic E-state index is 0.0844. The number of amides is 1. The molecule has 2 rings (SSSR count). The molecule has 0 radical (unpaired) electrons. The number of carbonyl (C=O) groups is 2. The van der Waals surface area contributed by atoms with Crippen molar-refractivity contribution in [2.75, 3.05) is 26.5 Å². The average Bonchev–Trinajstić information content (AvgIpc) is 2.65. The molecule has 0 unspecified atom stereocenters. The van der Waals surface area contributed by atoms with E-state index in [1.807, 2.05) is 0 Å². The summed E-state index contributed by atoms with van der Waals surface area (Å²) in [5.41, 5.74) is 1.78. The lowest BCUT2D eigenvalue weighted by molar-refractivity contribution is -0.384. The first kappa shape index (κ1) is 18.9. The van der Waals surface area contributed by atoms with E-state index in [1.165, 1.54) is 30.2 Å². The van der Waals surface area contributed by atoms with Crippen LogP contribution in [0.5, 0.6) is 0 Å². The van der Waals surface area contributed by atoms with Crippen molar-refractivity contribution in [1.29, 1.82) is 0 Å². The standard InChI is InChI=1S/C18H19N3O5/c1-20(2)17(22)13-6-4-12(5-7-13)11-19-16-9-8-14(21(24)25)10-15(16)18(23)26-3/h4-10,19H,11H2,1-3H3. The van der Waals surface area contributed by atoms with E-state index in [2.05, 4.69) is 10.1 Å². The summed E-state index contributed by atoms with van der Waals surface area (Å²) in [7, 11) is 4.58. The van der Waals surface area contributed by atoms with E-state index in [1.54, 1.807) is 38.4 Å². The number of benzene rings is 2. The van der Waals surface area contributed by atoms with Crippen molar-refractivity contribution in [3.63, 3.8) is 0 Å². The van der Waals surface area contributed by atoms with Crippen molar-refractivity contribution in [3.05, 3.63) is 69.3 Å². The van der Waals surface area contributed by atoms with Crippen LogP contribution in [0, 0.1) is 10.1 Å². The maximum absolute atomic E-state index is 11.9. The Bertz CT molecular complexity index is 831. The molecule has 2 aromatic carbocycles. The molecular weight excluding hydrogens is 338 g/mol. The van der Waals surface area contributed by atoms with Crippen LogP contribution in [0.3, 0.4) is 0 Å². The Morgan fingerprint density at radius 1 is 1.15 bits per heavy atom. The highest BCUT2D eigenvalue weighted by atomic mass is 16.6. The van der Waals surface area contributed by atoms with Gasteiger partial charge in [-0.05, 0) is 23.8 Å². The minimum Gasteiger partial charge on any atom is -0.465 e. The number of esters is 1. The lowest BCUT2D eigenvalue weighted by Crippen LogP contribution is -2.21. The topological polar surface area (TPSA) is 102 Å². The number of non-ortho nitro benzene ring substituents is 1. The molecule has 0 bridgehead atoms. The second-order valence-corrected chi connectivity index (χ2v) is 5.73. The number of rotatable bonds is 6. The highest BCUT2D eigenvalue weighted by Crippen LogP contribution is 2.23. The SMILES string of the molecule is COC(=O)c1cc([N+](=O)[O-])ccc1NCc1ccc(C(=O)N(C)C)cc1. The fraction of sp³-hybridized carbons (Fsp3) is 0.222. The van der Waals surface area contributed by atoms with Crippen LogP contribution in [-0.4, -0.2) is 42.9 Å². The number of methoxy groups -OCH3 is 1. The summed E-state index contributed by atoms with van der Waals surface area (Å²) in [6, 6.07) is 11.0. The first-order valence-electron chi connectivity index (χ1n) is 7.74. The lowest BCUT2D eigenvalue weighted by Gasteiger charge is -2.12. The van der Waals surface area contributed by atoms with Gasteiger partial charge in [-0.1, -0.05) is 12.1 Å². The Kier molecular flexibility index (Phi) is 5.90. The van der Waals surface area contributed by atoms with Crippen molar-refractivity contribution in [1.82, 2.24) is 4.90 Å². The third-order valence-corrected chi connectivity index (χ3v) is 3.71. The Labute approximate surface area is 150 Å². The fourth-order valence-corrected chi connectivity index (χ4v) is 2.30. The zero-order valence-electron chi connectivity index (χ0n) is 14.7. The predicted molar refractivity (Wildman–Crippen MR) is 96.2 cm³/mol. The Hall–Kier alpha value is -3.42. The van der Waals surface area contributed by atoms with Gasteiger partial charge in [0.2, 0.25) is 0 Å². The maximum Gasteiger partial charge on any atom is 0.340 e. The molecule has 0 aromatic heterocycles. The summed E-state index contributed by atoms with van der Waals surface area (Å²) < 4.78 is 4.68. The van der Waals surface area contributed by atoms with E-state index in [-0.39, 0.29) is 17.2 Å². The number of carbonyl (C=O) groups excluding carboxylic acids is 2. The summed E-state index contributed by atoms with van der Waals surface area (Å²) in [5, 5.41) is 14.0. The van der Waals surface area contributed by atoms with Crippen LogP contribution < -0.4 is 5.32 Å². The number of anilines is 1. The number of nitro groups is 1. The van der Waals surface area contributed by atoms with E-state index in [0.717, 1.165) is 5.56 Å². The molecule has 0 heterocycles. The van der Waals surface area contributed by atoms with Crippen LogP contribution in [0.25, 0.3) is 0 Å². The fourth-order valence-electron chi connectivity index (χ4n) is 2.30. The lowest BCUT2D eigenvalue weighted by atomic mass is 10.1. The van der Waals surface area contributed by atoms with Crippen LogP contribution in [0.2, 0.25) is 0 Å². The van der Waals surface area contributed by atoms with Gasteiger partial charge in [0.05, 0.1) is 17.6 Å². The molecule has 0 aliphatic rings. The Balaban J connectivity index is 2.17. The van der Waals surface area contributed by atoms with E-state index < -0.39 is 10.9 Å². The summed E-state index contributed by atoms with van der Waals surface area (Å²) in [6.07, 6.45) is 0. The largest absolute Gasteiger partial charge is 0.465 e. The van der Waals surface area contributed by atoms with Crippen LogP contribution in [0.15, 0.2) is 42.5 Å². The molecule has 0 fully saturated rings. The molecule has 8 heteroatoms. The average molecular weight is 357 g/mol. The van der Waals surface area contributed by atoms with E-state index in [9.17, 15) is 19.7 Å². The third-order valence-electron chi connectivity index (χ3n) is 3.71. The van der Waals surface area contributed by atoms with Crippen molar-refractivity contribution in [3.8, 4) is 0 Å². The molecule has 0 aliphatic carbocycles. The number of nitrogens with one attached hydrogen (secondary N) is 1. The number of nitrogens with zero attached hydrogens (tertiary/aromatic N) is 2. The van der Waals surface area contributed by atoms with Crippen molar-refractivity contribution in [2.24, 2.45) is 0 Å². The maximum atomic E-state index is 11.9. The van der Waals surface area contributed by atoms with E-state index in [0.29, 0.717) is 17.8 Å². The van der Waals surface area contributed by atoms with Gasteiger partial charge < -0.3 is 15.0 Å². The third kappa shape index (κ3) is 4.35. The highest BCUT2D eigenvalue weighted by molar-refractivity contribution is 5.96. The van der Waals surface area contributed by atoms with Crippen molar-refractivity contribution >= 4 is 23.3 Å². The first-order valence-corrected chi connectivity index (χ1v) is 7.74. The summed E-state index contributed by atoms with van der Waals surface area (Å²) >= 11 is 0. The van der Waals surface area contributed by atoms with Crippen molar-refractivity contribution in [2.45, 2.75) is 6.54 Å². The predicted octanol–water partition coefficient (Wildman–Crippen LogP) is 2.70. The molecule has 2 aromatic rings. The quantitative estimate of drug-likeness (QED) is 0.484. The number of nitro benzene ring substituents is 1. The van der Waals surface area contributed by atoms with Crippen LogP contribution >= 0.6 is 0 Å². The molecule has 8 nitrogen and oxygen atoms in total. The van der Waals surface area contributed by atoms with Crippen LogP contribution in [0.1, 0.15) is 26.3 Å². The zero-order valence-corrected chi connectivity index (χ0v) is 14.7. The summed E-state index contributed by atoms with van der Waals surface area (Å²) in [6.45, 7) is 0.373. The van der Waals surface area contributed by atoms with Gasteiger partial charge in [-0.2, -0.15) is 0 Å². The zero-order chi connectivity index (χ0) is 19.3. The van der Waals surface area contributed by atoms with Gasteiger partial charge in [0.25, 0.3) is 11.6 Å². The molecule has 0 aliphatic heterocycles. The van der Waals surface area contributed by atoms with Gasteiger partial charge >= 0.3 is 5.97 Å². The normalized spacial score (nSPS) is 10.1.